The van der Waals surface area contributed by atoms with Gasteiger partial charge in [0.05, 0.1) is 0 Å². The molecule has 57 valence electrons. The molecule has 0 amide bonds. The fourth-order valence-corrected chi connectivity index (χ4v) is 2.89. The second kappa shape index (κ2) is 1.78. The molecule has 0 aromatic heterocycles. The lowest BCUT2D eigenvalue weighted by Gasteiger charge is -2.59. The van der Waals surface area contributed by atoms with Gasteiger partial charge in [-0.1, -0.05) is 20.8 Å². The van der Waals surface area contributed by atoms with Gasteiger partial charge in [-0.3, -0.25) is 0 Å². The lowest BCUT2D eigenvalue weighted by molar-refractivity contribution is -0.0750. The highest BCUT2D eigenvalue weighted by atomic mass is 14.6. The van der Waals surface area contributed by atoms with Crippen molar-refractivity contribution in [3.63, 3.8) is 0 Å². The SMILES string of the molecule is CC1[CH]CC2C[C@H]1C2(C)C. The van der Waals surface area contributed by atoms with Crippen LogP contribution < -0.4 is 0 Å². The van der Waals surface area contributed by atoms with Crippen LogP contribution in [0.1, 0.15) is 33.6 Å². The largest absolute Gasteiger partial charge is 0.0619 e. The molecule has 3 fully saturated rings. The molecule has 0 aromatic rings. The fraction of sp³-hybridized carbons (Fsp3) is 0.900. The van der Waals surface area contributed by atoms with Crippen LogP contribution in [0.15, 0.2) is 0 Å². The smallest absolute Gasteiger partial charge is 0.0295 e. The summed E-state index contributed by atoms with van der Waals surface area (Å²) in [6.07, 6.45) is 5.40. The van der Waals surface area contributed by atoms with Gasteiger partial charge in [0.25, 0.3) is 0 Å². The highest BCUT2D eigenvalue weighted by Crippen LogP contribution is 2.60. The summed E-state index contributed by atoms with van der Waals surface area (Å²) in [4.78, 5) is 0. The zero-order chi connectivity index (χ0) is 7.35. The van der Waals surface area contributed by atoms with Gasteiger partial charge in [0.1, 0.15) is 0 Å². The van der Waals surface area contributed by atoms with Crippen LogP contribution in [0.4, 0.5) is 0 Å². The van der Waals surface area contributed by atoms with Crippen molar-refractivity contribution in [3.8, 4) is 0 Å². The molecule has 0 aromatic carbocycles. The molecular formula is C10H17. The zero-order valence-electron chi connectivity index (χ0n) is 7.22. The average molecular weight is 137 g/mol. The fourth-order valence-electron chi connectivity index (χ4n) is 2.89. The number of fused-ring (bicyclic) bond motifs is 2. The molecule has 0 heterocycles. The molecule has 0 spiro atoms. The van der Waals surface area contributed by atoms with E-state index in [2.05, 4.69) is 27.2 Å². The van der Waals surface area contributed by atoms with Crippen LogP contribution in [0.5, 0.6) is 0 Å². The molecule has 0 N–H and O–H groups in total. The minimum Gasteiger partial charge on any atom is -0.0619 e. The molecule has 0 saturated heterocycles. The third-order valence-corrected chi connectivity index (χ3v) is 3.97. The van der Waals surface area contributed by atoms with Crippen LogP contribution in [0.25, 0.3) is 0 Å². The normalized spacial score (nSPS) is 50.1. The molecule has 3 rings (SSSR count). The molecule has 2 bridgehead atoms. The maximum absolute atomic E-state index is 2.52. The second-order valence-electron chi connectivity index (χ2n) is 4.69. The van der Waals surface area contributed by atoms with E-state index in [1.165, 1.54) is 12.8 Å². The van der Waals surface area contributed by atoms with Gasteiger partial charge in [-0.15, -0.1) is 0 Å². The molecule has 3 atom stereocenters. The van der Waals surface area contributed by atoms with E-state index in [1.807, 2.05) is 0 Å². The Labute approximate surface area is 64.0 Å². The summed E-state index contributed by atoms with van der Waals surface area (Å²) in [5.74, 6) is 2.92. The first kappa shape index (κ1) is 6.69. The van der Waals surface area contributed by atoms with E-state index in [0.29, 0.717) is 5.41 Å². The van der Waals surface area contributed by atoms with Gasteiger partial charge in [0.2, 0.25) is 0 Å². The topological polar surface area (TPSA) is 0 Å². The average Bonchev–Trinajstić information content (AvgIpc) is 1.87. The molecule has 10 heavy (non-hydrogen) atoms. The van der Waals surface area contributed by atoms with E-state index in [0.717, 1.165) is 17.8 Å². The zero-order valence-corrected chi connectivity index (χ0v) is 7.22. The van der Waals surface area contributed by atoms with Crippen LogP contribution in [-0.4, -0.2) is 0 Å². The van der Waals surface area contributed by atoms with E-state index in [4.69, 9.17) is 0 Å². The molecule has 3 aliphatic carbocycles. The van der Waals surface area contributed by atoms with Crippen molar-refractivity contribution in [1.82, 2.24) is 0 Å². The lowest BCUT2D eigenvalue weighted by atomic mass is 9.46. The Hall–Kier alpha value is 0. The Morgan fingerprint density at radius 1 is 1.40 bits per heavy atom. The van der Waals surface area contributed by atoms with E-state index in [-0.39, 0.29) is 0 Å². The third kappa shape index (κ3) is 0.627. The van der Waals surface area contributed by atoms with Gasteiger partial charge in [-0.25, -0.2) is 0 Å². The number of rotatable bonds is 0. The summed E-state index contributed by atoms with van der Waals surface area (Å²) < 4.78 is 0. The van der Waals surface area contributed by atoms with Crippen molar-refractivity contribution in [2.75, 3.05) is 0 Å². The van der Waals surface area contributed by atoms with Crippen LogP contribution in [-0.2, 0) is 0 Å². The van der Waals surface area contributed by atoms with E-state index in [1.54, 1.807) is 0 Å². The summed E-state index contributed by atoms with van der Waals surface area (Å²) in [6, 6.07) is 0. The molecule has 0 nitrogen and oxygen atoms in total. The third-order valence-electron chi connectivity index (χ3n) is 3.97. The first-order valence-corrected chi connectivity index (χ1v) is 4.45. The van der Waals surface area contributed by atoms with Gasteiger partial charge in [0, 0.05) is 0 Å². The van der Waals surface area contributed by atoms with Gasteiger partial charge < -0.3 is 0 Å². The minimum absolute atomic E-state index is 0.675. The predicted molar refractivity (Wildman–Crippen MR) is 43.5 cm³/mol. The summed E-state index contributed by atoms with van der Waals surface area (Å²) in [5.41, 5.74) is 0.675. The van der Waals surface area contributed by atoms with Crippen molar-refractivity contribution in [3.05, 3.63) is 6.42 Å². The lowest BCUT2D eigenvalue weighted by Crippen LogP contribution is -2.51. The van der Waals surface area contributed by atoms with Gasteiger partial charge in [0.15, 0.2) is 0 Å². The first-order valence-electron chi connectivity index (χ1n) is 4.45. The second-order valence-corrected chi connectivity index (χ2v) is 4.69. The van der Waals surface area contributed by atoms with E-state index < -0.39 is 0 Å². The Bertz CT molecular complexity index is 144. The standard InChI is InChI=1S/C10H17/c1-7-4-5-8-6-9(7)10(8,2)3/h4,7-9H,5-6H2,1-3H3/t7?,8?,9-/m1/s1. The summed E-state index contributed by atoms with van der Waals surface area (Å²) in [6.45, 7) is 7.26. The van der Waals surface area contributed by atoms with Crippen molar-refractivity contribution in [2.45, 2.75) is 33.6 Å². The predicted octanol–water partition coefficient (Wildman–Crippen LogP) is 2.89. The quantitative estimate of drug-likeness (QED) is 0.481. The van der Waals surface area contributed by atoms with Crippen molar-refractivity contribution >= 4 is 0 Å². The molecule has 2 unspecified atom stereocenters. The van der Waals surface area contributed by atoms with Crippen molar-refractivity contribution in [1.29, 1.82) is 0 Å². The monoisotopic (exact) mass is 137 g/mol. The summed E-state index contributed by atoms with van der Waals surface area (Å²) in [5, 5.41) is 0. The van der Waals surface area contributed by atoms with Crippen LogP contribution in [0, 0.1) is 29.6 Å². The van der Waals surface area contributed by atoms with Gasteiger partial charge in [-0.05, 0) is 42.4 Å². The molecule has 1 radical (unpaired) electrons. The Morgan fingerprint density at radius 2 is 2.10 bits per heavy atom. The Kier molecular flexibility index (Phi) is 1.19. The highest BCUT2D eigenvalue weighted by molar-refractivity contribution is 5.07. The minimum atomic E-state index is 0.675. The first-order chi connectivity index (χ1) is 4.62. The van der Waals surface area contributed by atoms with E-state index >= 15 is 0 Å². The van der Waals surface area contributed by atoms with Crippen LogP contribution >= 0.6 is 0 Å². The van der Waals surface area contributed by atoms with E-state index in [9.17, 15) is 0 Å². The van der Waals surface area contributed by atoms with Gasteiger partial charge in [-0.2, -0.15) is 0 Å². The summed E-state index contributed by atoms with van der Waals surface area (Å²) >= 11 is 0. The molecule has 3 aliphatic rings. The van der Waals surface area contributed by atoms with Crippen molar-refractivity contribution in [2.24, 2.45) is 23.2 Å². The van der Waals surface area contributed by atoms with Crippen LogP contribution in [0.2, 0.25) is 0 Å². The molecular weight excluding hydrogens is 120 g/mol. The number of hydrogen-bond donors (Lipinski definition) is 0. The molecule has 3 saturated carbocycles. The Balaban J connectivity index is 2.16. The maximum Gasteiger partial charge on any atom is -0.0295 e. The van der Waals surface area contributed by atoms with Crippen molar-refractivity contribution < 1.29 is 0 Å². The summed E-state index contributed by atoms with van der Waals surface area (Å²) in [7, 11) is 0. The van der Waals surface area contributed by atoms with Crippen LogP contribution in [0.3, 0.4) is 0 Å². The highest BCUT2D eigenvalue weighted by Gasteiger charge is 2.52. The Morgan fingerprint density at radius 3 is 2.40 bits per heavy atom. The number of hydrogen-bond acceptors (Lipinski definition) is 0. The maximum atomic E-state index is 2.52. The molecule has 0 aliphatic heterocycles. The van der Waals surface area contributed by atoms with Gasteiger partial charge >= 0.3 is 0 Å². The molecule has 0 heteroatoms.